The molecular formula is C13H17BrFNO2S. The maximum Gasteiger partial charge on any atom is 0.179 e. The highest BCUT2D eigenvalue weighted by Gasteiger charge is 2.20. The topological polar surface area (TPSA) is 46.2 Å². The number of hydrogen-bond acceptors (Lipinski definition) is 3. The molecule has 1 aromatic rings. The molecule has 6 heteroatoms. The summed E-state index contributed by atoms with van der Waals surface area (Å²) in [5.41, 5.74) is 0.816. The fourth-order valence-electron chi connectivity index (χ4n) is 2.47. The minimum atomic E-state index is -3.55. The highest BCUT2D eigenvalue weighted by molar-refractivity contribution is 9.10. The third-order valence-electron chi connectivity index (χ3n) is 3.32. The lowest BCUT2D eigenvalue weighted by Crippen LogP contribution is -2.35. The smallest absolute Gasteiger partial charge is 0.179 e. The van der Waals surface area contributed by atoms with Crippen LogP contribution in [0.3, 0.4) is 0 Å². The second-order valence-corrected chi connectivity index (χ2v) is 7.82. The van der Waals surface area contributed by atoms with E-state index in [0.29, 0.717) is 10.5 Å². The van der Waals surface area contributed by atoms with Gasteiger partial charge in [0.1, 0.15) is 10.7 Å². The zero-order valence-electron chi connectivity index (χ0n) is 10.7. The Bertz CT molecular complexity index is 545. The van der Waals surface area contributed by atoms with E-state index in [2.05, 4.69) is 21.2 Å². The van der Waals surface area contributed by atoms with E-state index in [0.717, 1.165) is 31.2 Å². The first-order valence-corrected chi connectivity index (χ1v) is 8.98. The van der Waals surface area contributed by atoms with Crippen molar-refractivity contribution < 1.29 is 12.8 Å². The van der Waals surface area contributed by atoms with Crippen LogP contribution >= 0.6 is 15.9 Å². The zero-order chi connectivity index (χ0) is 14.0. The third-order valence-corrected chi connectivity index (χ3v) is 5.37. The van der Waals surface area contributed by atoms with Crippen molar-refractivity contribution in [3.8, 4) is 0 Å². The average Bonchev–Trinajstić information content (AvgIpc) is 2.27. The Morgan fingerprint density at radius 3 is 2.68 bits per heavy atom. The van der Waals surface area contributed by atoms with Crippen LogP contribution in [0.25, 0.3) is 0 Å². The van der Waals surface area contributed by atoms with E-state index in [-0.39, 0.29) is 4.90 Å². The largest absolute Gasteiger partial charge is 0.314 e. The second kappa shape index (κ2) is 5.89. The third kappa shape index (κ3) is 3.77. The van der Waals surface area contributed by atoms with Gasteiger partial charge >= 0.3 is 0 Å². The van der Waals surface area contributed by atoms with Gasteiger partial charge in [-0.3, -0.25) is 0 Å². The molecule has 19 heavy (non-hydrogen) atoms. The van der Waals surface area contributed by atoms with Crippen molar-refractivity contribution in [2.75, 3.05) is 12.8 Å². The lowest BCUT2D eigenvalue weighted by atomic mass is 9.98. The van der Waals surface area contributed by atoms with Crippen molar-refractivity contribution in [2.45, 2.75) is 36.6 Å². The summed E-state index contributed by atoms with van der Waals surface area (Å²) in [4.78, 5) is -0.257. The normalized spacial score (nSPS) is 20.5. The zero-order valence-corrected chi connectivity index (χ0v) is 13.2. The molecule has 0 aromatic heterocycles. The Balaban J connectivity index is 2.24. The summed E-state index contributed by atoms with van der Waals surface area (Å²) in [5.74, 6) is -0.678. The molecule has 106 valence electrons. The molecule has 1 unspecified atom stereocenters. The molecule has 0 aliphatic carbocycles. The summed E-state index contributed by atoms with van der Waals surface area (Å²) in [5, 5.41) is 3.40. The predicted molar refractivity (Wildman–Crippen MR) is 76.6 cm³/mol. The minimum absolute atomic E-state index is 0.257. The van der Waals surface area contributed by atoms with Gasteiger partial charge in [-0.2, -0.15) is 0 Å². The molecule has 0 spiro atoms. The molecule has 1 aliphatic heterocycles. The van der Waals surface area contributed by atoms with Gasteiger partial charge in [0.15, 0.2) is 9.84 Å². The average molecular weight is 350 g/mol. The lowest BCUT2D eigenvalue weighted by Gasteiger charge is -2.23. The highest BCUT2D eigenvalue weighted by atomic mass is 79.9. The standard InChI is InChI=1S/C13H17BrFNO2S/c1-19(17,18)13-11(14)7-9(8-12(13)15)6-10-4-2-3-5-16-10/h7-8,10,16H,2-6H2,1H3. The molecular weight excluding hydrogens is 333 g/mol. The van der Waals surface area contributed by atoms with Crippen molar-refractivity contribution >= 4 is 25.8 Å². The molecule has 1 aliphatic rings. The van der Waals surface area contributed by atoms with E-state index in [1.807, 2.05) is 0 Å². The fourth-order valence-corrected chi connectivity index (χ4v) is 4.66. The molecule has 1 saturated heterocycles. The Labute approximate surface area is 121 Å². The number of halogens is 2. The van der Waals surface area contributed by atoms with E-state index >= 15 is 0 Å². The summed E-state index contributed by atoms with van der Waals surface area (Å²) in [7, 11) is -3.55. The van der Waals surface area contributed by atoms with Crippen molar-refractivity contribution in [3.05, 3.63) is 28.0 Å². The van der Waals surface area contributed by atoms with E-state index < -0.39 is 15.7 Å². The van der Waals surface area contributed by atoms with Crippen molar-refractivity contribution in [1.29, 1.82) is 0 Å². The molecule has 2 rings (SSSR count). The molecule has 0 saturated carbocycles. The number of sulfone groups is 1. The first kappa shape index (κ1) is 14.9. The van der Waals surface area contributed by atoms with Crippen molar-refractivity contribution in [1.82, 2.24) is 5.32 Å². The quantitative estimate of drug-likeness (QED) is 0.912. The van der Waals surface area contributed by atoms with Gasteiger partial charge in [-0.05, 0) is 59.4 Å². The van der Waals surface area contributed by atoms with E-state index in [1.165, 1.54) is 18.9 Å². The Kier molecular flexibility index (Phi) is 4.63. The van der Waals surface area contributed by atoms with Crippen LogP contribution in [0.5, 0.6) is 0 Å². The molecule has 3 nitrogen and oxygen atoms in total. The van der Waals surface area contributed by atoms with Crippen LogP contribution in [-0.4, -0.2) is 27.3 Å². The van der Waals surface area contributed by atoms with E-state index in [4.69, 9.17) is 0 Å². The van der Waals surface area contributed by atoms with Crippen LogP contribution in [0.1, 0.15) is 24.8 Å². The number of piperidine rings is 1. The number of benzene rings is 1. The van der Waals surface area contributed by atoms with Crippen LogP contribution in [0.4, 0.5) is 4.39 Å². The van der Waals surface area contributed by atoms with Crippen LogP contribution < -0.4 is 5.32 Å². The summed E-state index contributed by atoms with van der Waals surface area (Å²) >= 11 is 3.16. The number of nitrogens with one attached hydrogen (secondary N) is 1. The summed E-state index contributed by atoms with van der Waals surface area (Å²) in [6.45, 7) is 0.996. The highest BCUT2D eigenvalue weighted by Crippen LogP contribution is 2.27. The van der Waals surface area contributed by atoms with Gasteiger partial charge in [0, 0.05) is 16.8 Å². The molecule has 1 N–H and O–H groups in total. The molecule has 0 amide bonds. The van der Waals surface area contributed by atoms with Gasteiger partial charge in [-0.1, -0.05) is 6.42 Å². The van der Waals surface area contributed by atoms with Gasteiger partial charge < -0.3 is 5.32 Å². The molecule has 1 aromatic carbocycles. The maximum absolute atomic E-state index is 13.9. The van der Waals surface area contributed by atoms with E-state index in [1.54, 1.807) is 6.07 Å². The SMILES string of the molecule is CS(=O)(=O)c1c(F)cc(CC2CCCCN2)cc1Br. The van der Waals surface area contributed by atoms with Crippen molar-refractivity contribution in [3.63, 3.8) is 0 Å². The molecule has 1 atom stereocenters. The number of rotatable bonds is 3. The monoisotopic (exact) mass is 349 g/mol. The second-order valence-electron chi connectivity index (χ2n) is 5.01. The first-order valence-electron chi connectivity index (χ1n) is 6.29. The van der Waals surface area contributed by atoms with Gasteiger partial charge in [-0.15, -0.1) is 0 Å². The summed E-state index contributed by atoms with van der Waals surface area (Å²) in [6.07, 6.45) is 5.18. The van der Waals surface area contributed by atoms with E-state index in [9.17, 15) is 12.8 Å². The molecule has 0 bridgehead atoms. The van der Waals surface area contributed by atoms with Gasteiger partial charge in [0.25, 0.3) is 0 Å². The Morgan fingerprint density at radius 2 is 2.16 bits per heavy atom. The lowest BCUT2D eigenvalue weighted by molar-refractivity contribution is 0.398. The van der Waals surface area contributed by atoms with Crippen LogP contribution in [0.15, 0.2) is 21.5 Å². The molecule has 1 fully saturated rings. The first-order chi connectivity index (χ1) is 8.88. The Morgan fingerprint density at radius 1 is 1.42 bits per heavy atom. The van der Waals surface area contributed by atoms with Crippen LogP contribution in [0.2, 0.25) is 0 Å². The van der Waals surface area contributed by atoms with Crippen LogP contribution in [0, 0.1) is 5.82 Å². The molecule has 0 radical (unpaired) electrons. The minimum Gasteiger partial charge on any atom is -0.314 e. The Hall–Kier alpha value is -0.460. The van der Waals surface area contributed by atoms with Gasteiger partial charge in [0.05, 0.1) is 0 Å². The van der Waals surface area contributed by atoms with Gasteiger partial charge in [-0.25, -0.2) is 12.8 Å². The summed E-state index contributed by atoms with van der Waals surface area (Å²) < 4.78 is 37.2. The predicted octanol–water partition coefficient (Wildman–Crippen LogP) is 2.68. The molecule has 1 heterocycles. The van der Waals surface area contributed by atoms with Crippen LogP contribution in [-0.2, 0) is 16.3 Å². The maximum atomic E-state index is 13.9. The number of hydrogen-bond donors (Lipinski definition) is 1. The van der Waals surface area contributed by atoms with Crippen molar-refractivity contribution in [2.24, 2.45) is 0 Å². The fraction of sp³-hybridized carbons (Fsp3) is 0.538. The summed E-state index contributed by atoms with van der Waals surface area (Å²) in [6, 6.07) is 3.39. The van der Waals surface area contributed by atoms with Gasteiger partial charge in [0.2, 0.25) is 0 Å².